The van der Waals surface area contributed by atoms with E-state index in [-0.39, 0.29) is 6.04 Å². The molecule has 0 aliphatic carbocycles. The fraction of sp³-hybridized carbons (Fsp3) is 0.231. The Bertz CT molecular complexity index is 522. The quantitative estimate of drug-likeness (QED) is 0.670. The van der Waals surface area contributed by atoms with Gasteiger partial charge in [0.15, 0.2) is 0 Å². The predicted octanol–water partition coefficient (Wildman–Crippen LogP) is 3.68. The van der Waals surface area contributed by atoms with Crippen LogP contribution in [0.25, 0.3) is 0 Å². The molecule has 2 aromatic rings. The van der Waals surface area contributed by atoms with Crippen molar-refractivity contribution >= 4 is 27.3 Å². The molecule has 1 heterocycles. The number of nitrogens with one attached hydrogen (secondary N) is 1. The van der Waals surface area contributed by atoms with E-state index in [2.05, 4.69) is 58.8 Å². The van der Waals surface area contributed by atoms with Crippen molar-refractivity contribution in [1.29, 1.82) is 0 Å². The Labute approximate surface area is 114 Å². The molecule has 0 radical (unpaired) electrons. The van der Waals surface area contributed by atoms with E-state index in [1.807, 2.05) is 6.07 Å². The number of halogens is 1. The highest BCUT2D eigenvalue weighted by molar-refractivity contribution is 9.10. The lowest BCUT2D eigenvalue weighted by Gasteiger charge is -2.17. The summed E-state index contributed by atoms with van der Waals surface area (Å²) in [6.07, 6.45) is 0. The van der Waals surface area contributed by atoms with E-state index in [1.54, 1.807) is 11.3 Å². The Balaban J connectivity index is 2.42. The minimum absolute atomic E-state index is 0.0630. The van der Waals surface area contributed by atoms with Crippen LogP contribution >= 0.6 is 27.3 Å². The zero-order valence-corrected chi connectivity index (χ0v) is 12.2. The van der Waals surface area contributed by atoms with Gasteiger partial charge in [-0.05, 0) is 54.1 Å². The highest BCUT2D eigenvalue weighted by Crippen LogP contribution is 2.29. The molecule has 0 saturated heterocycles. The van der Waals surface area contributed by atoms with Crippen molar-refractivity contribution in [2.45, 2.75) is 19.9 Å². The number of nitrogens with two attached hydrogens (primary N) is 1. The highest BCUT2D eigenvalue weighted by Gasteiger charge is 2.15. The van der Waals surface area contributed by atoms with Gasteiger partial charge in [0.25, 0.3) is 0 Å². The van der Waals surface area contributed by atoms with Crippen LogP contribution in [0.2, 0.25) is 0 Å². The van der Waals surface area contributed by atoms with Crippen LogP contribution in [0.1, 0.15) is 27.6 Å². The molecule has 0 fully saturated rings. The smallest absolute Gasteiger partial charge is 0.0720 e. The van der Waals surface area contributed by atoms with E-state index in [9.17, 15) is 0 Å². The summed E-state index contributed by atoms with van der Waals surface area (Å²) in [5, 5.41) is 2.15. The fourth-order valence-corrected chi connectivity index (χ4v) is 3.15. The van der Waals surface area contributed by atoms with E-state index >= 15 is 0 Å². The van der Waals surface area contributed by atoms with Crippen LogP contribution in [-0.4, -0.2) is 0 Å². The van der Waals surface area contributed by atoms with Crippen molar-refractivity contribution in [2.75, 3.05) is 0 Å². The molecular weight excluding hydrogens is 296 g/mol. The predicted molar refractivity (Wildman–Crippen MR) is 77.1 cm³/mol. The third-order valence-electron chi connectivity index (χ3n) is 2.79. The van der Waals surface area contributed by atoms with Gasteiger partial charge in [-0.25, -0.2) is 5.43 Å². The number of aryl methyl sites for hydroxylation is 2. The first kappa shape index (κ1) is 12.8. The summed E-state index contributed by atoms with van der Waals surface area (Å²) in [7, 11) is 0. The molecule has 2 rings (SSSR count). The number of hydrogen-bond donors (Lipinski definition) is 2. The van der Waals surface area contributed by atoms with Crippen LogP contribution in [0.3, 0.4) is 0 Å². The minimum Gasteiger partial charge on any atom is -0.271 e. The molecule has 2 nitrogen and oxygen atoms in total. The van der Waals surface area contributed by atoms with Crippen LogP contribution in [0, 0.1) is 13.8 Å². The molecule has 90 valence electrons. The average molecular weight is 311 g/mol. The summed E-state index contributed by atoms with van der Waals surface area (Å²) >= 11 is 5.23. The van der Waals surface area contributed by atoms with E-state index in [0.717, 1.165) is 4.47 Å². The number of hydrogen-bond acceptors (Lipinski definition) is 3. The van der Waals surface area contributed by atoms with Gasteiger partial charge in [-0.3, -0.25) is 5.84 Å². The van der Waals surface area contributed by atoms with Gasteiger partial charge >= 0.3 is 0 Å². The third-order valence-corrected chi connectivity index (χ3v) is 4.17. The first-order valence-corrected chi connectivity index (χ1v) is 7.06. The molecule has 0 saturated carbocycles. The molecule has 4 heteroatoms. The molecule has 0 amide bonds. The van der Waals surface area contributed by atoms with Gasteiger partial charge in [0.05, 0.1) is 6.04 Å². The zero-order chi connectivity index (χ0) is 12.4. The monoisotopic (exact) mass is 310 g/mol. The Morgan fingerprint density at radius 3 is 2.59 bits per heavy atom. The first-order chi connectivity index (χ1) is 8.11. The van der Waals surface area contributed by atoms with Crippen molar-refractivity contribution in [1.82, 2.24) is 5.43 Å². The Hall–Kier alpha value is -0.680. The van der Waals surface area contributed by atoms with Crippen molar-refractivity contribution in [3.8, 4) is 0 Å². The van der Waals surface area contributed by atoms with Crippen LogP contribution in [0.4, 0.5) is 0 Å². The van der Waals surface area contributed by atoms with Gasteiger partial charge in [0.2, 0.25) is 0 Å². The van der Waals surface area contributed by atoms with Gasteiger partial charge < -0.3 is 0 Å². The SMILES string of the molecule is Cc1cc(C(NN)c2ccc(Br)cc2C)cs1. The molecule has 1 unspecified atom stereocenters. The standard InChI is InChI=1S/C13H15BrN2S/c1-8-5-11(14)3-4-12(8)13(16-15)10-6-9(2)17-7-10/h3-7,13,16H,15H2,1-2H3. The summed E-state index contributed by atoms with van der Waals surface area (Å²) in [4.78, 5) is 1.30. The van der Waals surface area contributed by atoms with E-state index in [4.69, 9.17) is 5.84 Å². The second-order valence-corrected chi connectivity index (χ2v) is 6.12. The molecule has 0 aliphatic heterocycles. The van der Waals surface area contributed by atoms with Gasteiger partial charge in [0.1, 0.15) is 0 Å². The molecule has 17 heavy (non-hydrogen) atoms. The van der Waals surface area contributed by atoms with Gasteiger partial charge in [-0.1, -0.05) is 22.0 Å². The average Bonchev–Trinajstić information content (AvgIpc) is 2.69. The molecule has 1 aromatic carbocycles. The van der Waals surface area contributed by atoms with E-state index < -0.39 is 0 Å². The molecule has 0 bridgehead atoms. The van der Waals surface area contributed by atoms with Crippen LogP contribution in [0.15, 0.2) is 34.1 Å². The normalized spacial score (nSPS) is 12.7. The zero-order valence-electron chi connectivity index (χ0n) is 9.83. The van der Waals surface area contributed by atoms with E-state index in [1.165, 1.54) is 21.6 Å². The van der Waals surface area contributed by atoms with Gasteiger partial charge in [-0.15, -0.1) is 11.3 Å². The molecule has 1 aromatic heterocycles. The minimum atomic E-state index is 0.0630. The van der Waals surface area contributed by atoms with Crippen LogP contribution in [0.5, 0.6) is 0 Å². The molecule has 1 atom stereocenters. The number of hydrazine groups is 1. The van der Waals surface area contributed by atoms with Crippen molar-refractivity contribution in [2.24, 2.45) is 5.84 Å². The Morgan fingerprint density at radius 2 is 2.06 bits per heavy atom. The lowest BCUT2D eigenvalue weighted by atomic mass is 9.97. The van der Waals surface area contributed by atoms with Crippen molar-refractivity contribution in [3.05, 3.63) is 55.7 Å². The molecule has 3 N–H and O–H groups in total. The summed E-state index contributed by atoms with van der Waals surface area (Å²) in [6, 6.07) is 8.51. The second-order valence-electron chi connectivity index (χ2n) is 4.09. The Kier molecular flexibility index (Phi) is 3.99. The second kappa shape index (κ2) is 5.31. The lowest BCUT2D eigenvalue weighted by Crippen LogP contribution is -2.29. The number of benzene rings is 1. The number of thiophene rings is 1. The lowest BCUT2D eigenvalue weighted by molar-refractivity contribution is 0.635. The summed E-state index contributed by atoms with van der Waals surface area (Å²) in [5.41, 5.74) is 6.57. The van der Waals surface area contributed by atoms with Gasteiger partial charge in [0, 0.05) is 9.35 Å². The van der Waals surface area contributed by atoms with Crippen molar-refractivity contribution < 1.29 is 0 Å². The first-order valence-electron chi connectivity index (χ1n) is 5.39. The Morgan fingerprint density at radius 1 is 1.29 bits per heavy atom. The fourth-order valence-electron chi connectivity index (χ4n) is 1.94. The molecular formula is C13H15BrN2S. The van der Waals surface area contributed by atoms with Crippen molar-refractivity contribution in [3.63, 3.8) is 0 Å². The van der Waals surface area contributed by atoms with E-state index in [0.29, 0.717) is 0 Å². The molecule has 0 spiro atoms. The third kappa shape index (κ3) is 2.77. The molecule has 0 aliphatic rings. The summed E-state index contributed by atoms with van der Waals surface area (Å²) < 4.78 is 1.09. The highest BCUT2D eigenvalue weighted by atomic mass is 79.9. The maximum atomic E-state index is 5.70. The largest absolute Gasteiger partial charge is 0.271 e. The van der Waals surface area contributed by atoms with Crippen LogP contribution < -0.4 is 11.3 Å². The number of rotatable bonds is 3. The summed E-state index contributed by atoms with van der Waals surface area (Å²) in [5.74, 6) is 5.70. The van der Waals surface area contributed by atoms with Crippen LogP contribution in [-0.2, 0) is 0 Å². The maximum Gasteiger partial charge on any atom is 0.0720 e. The summed E-state index contributed by atoms with van der Waals surface area (Å²) in [6.45, 7) is 4.21. The van der Waals surface area contributed by atoms with Gasteiger partial charge in [-0.2, -0.15) is 0 Å². The topological polar surface area (TPSA) is 38.0 Å². The maximum absolute atomic E-state index is 5.70.